The van der Waals surface area contributed by atoms with Crippen molar-refractivity contribution in [2.75, 3.05) is 18.0 Å². The van der Waals surface area contributed by atoms with Crippen molar-refractivity contribution in [2.24, 2.45) is 5.73 Å². The van der Waals surface area contributed by atoms with Gasteiger partial charge in [-0.05, 0) is 25.3 Å². The van der Waals surface area contributed by atoms with Crippen molar-refractivity contribution in [3.63, 3.8) is 0 Å². The largest absolute Gasteiger partial charge is 0.480 e. The van der Waals surface area contributed by atoms with E-state index in [4.69, 9.17) is 10.8 Å². The first kappa shape index (κ1) is 11.8. The lowest BCUT2D eigenvalue weighted by molar-refractivity contribution is -0.138. The molecule has 0 radical (unpaired) electrons. The van der Waals surface area contributed by atoms with Crippen molar-refractivity contribution < 1.29 is 9.90 Å². The Labute approximate surface area is 99.5 Å². The number of rotatable bonds is 3. The molecule has 1 atom stereocenters. The van der Waals surface area contributed by atoms with Gasteiger partial charge < -0.3 is 15.7 Å². The van der Waals surface area contributed by atoms with Crippen LogP contribution >= 0.6 is 0 Å². The Kier molecular flexibility index (Phi) is 3.53. The van der Waals surface area contributed by atoms with Crippen LogP contribution < -0.4 is 10.6 Å². The summed E-state index contributed by atoms with van der Waals surface area (Å²) in [6.07, 6.45) is 5.04. The minimum atomic E-state index is -1.08. The molecule has 0 aromatic carbocycles. The Morgan fingerprint density at radius 3 is 2.76 bits per heavy atom. The molecule has 3 N–H and O–H groups in total. The first-order valence-electron chi connectivity index (χ1n) is 5.75. The second kappa shape index (κ2) is 5.09. The average molecular weight is 236 g/mol. The van der Waals surface area contributed by atoms with Crippen molar-refractivity contribution in [2.45, 2.75) is 25.3 Å². The van der Waals surface area contributed by atoms with E-state index in [1.54, 1.807) is 12.3 Å². The fourth-order valence-electron chi connectivity index (χ4n) is 1.91. The number of hydrogen-bond donors (Lipinski definition) is 2. The molecular weight excluding hydrogens is 220 g/mol. The maximum atomic E-state index is 10.8. The molecule has 2 heterocycles. The summed E-state index contributed by atoms with van der Waals surface area (Å²) >= 11 is 0. The van der Waals surface area contributed by atoms with Gasteiger partial charge in [0.2, 0.25) is 5.95 Å². The molecule has 0 bridgehead atoms. The minimum Gasteiger partial charge on any atom is -0.480 e. The summed E-state index contributed by atoms with van der Waals surface area (Å²) in [5, 5.41) is 8.84. The van der Waals surface area contributed by atoms with Crippen molar-refractivity contribution in [1.29, 1.82) is 0 Å². The molecule has 1 saturated heterocycles. The second-order valence-corrected chi connectivity index (χ2v) is 4.15. The van der Waals surface area contributed by atoms with Crippen LogP contribution in [-0.4, -0.2) is 34.1 Å². The third kappa shape index (κ3) is 2.71. The zero-order chi connectivity index (χ0) is 12.3. The third-order valence-corrected chi connectivity index (χ3v) is 2.89. The fourth-order valence-corrected chi connectivity index (χ4v) is 1.91. The number of nitrogens with two attached hydrogens (primary N) is 1. The van der Waals surface area contributed by atoms with Crippen molar-refractivity contribution in [3.8, 4) is 0 Å². The zero-order valence-corrected chi connectivity index (χ0v) is 9.54. The predicted octanol–water partition coefficient (Wildman–Crippen LogP) is 0.551. The summed E-state index contributed by atoms with van der Waals surface area (Å²) in [4.78, 5) is 21.3. The standard InChI is InChI=1S/C11H16N4O2/c12-9(10(16)17)8-4-5-13-11(14-8)15-6-2-1-3-7-15/h4-5,9H,1-3,6-7,12H2,(H,16,17). The number of piperidine rings is 1. The van der Waals surface area contributed by atoms with Gasteiger partial charge in [-0.1, -0.05) is 0 Å². The van der Waals surface area contributed by atoms with Gasteiger partial charge in [-0.25, -0.2) is 9.97 Å². The van der Waals surface area contributed by atoms with Gasteiger partial charge >= 0.3 is 5.97 Å². The van der Waals surface area contributed by atoms with E-state index < -0.39 is 12.0 Å². The minimum absolute atomic E-state index is 0.355. The normalized spacial score (nSPS) is 17.8. The first-order valence-corrected chi connectivity index (χ1v) is 5.75. The van der Waals surface area contributed by atoms with Crippen LogP contribution in [-0.2, 0) is 4.79 Å². The molecule has 0 spiro atoms. The maximum absolute atomic E-state index is 10.8. The van der Waals surface area contributed by atoms with Crippen LogP contribution in [0, 0.1) is 0 Å². The van der Waals surface area contributed by atoms with Gasteiger partial charge in [0.25, 0.3) is 0 Å². The number of carbonyl (C=O) groups is 1. The molecule has 0 saturated carbocycles. The molecule has 0 aliphatic carbocycles. The fraction of sp³-hybridized carbons (Fsp3) is 0.545. The molecule has 1 aromatic rings. The topological polar surface area (TPSA) is 92.3 Å². The summed E-state index contributed by atoms with van der Waals surface area (Å²) in [5.74, 6) is -0.493. The molecule has 92 valence electrons. The average Bonchev–Trinajstić information content (AvgIpc) is 2.39. The molecule has 0 amide bonds. The first-order chi connectivity index (χ1) is 8.18. The van der Waals surface area contributed by atoms with Crippen LogP contribution in [0.4, 0.5) is 5.95 Å². The SMILES string of the molecule is NC(C(=O)O)c1ccnc(N2CCCCC2)n1. The molecular formula is C11H16N4O2. The van der Waals surface area contributed by atoms with Crippen LogP contribution in [0.15, 0.2) is 12.3 Å². The molecule has 1 aliphatic heterocycles. The summed E-state index contributed by atoms with van der Waals surface area (Å²) < 4.78 is 0. The Morgan fingerprint density at radius 2 is 2.12 bits per heavy atom. The monoisotopic (exact) mass is 236 g/mol. The molecule has 1 aliphatic rings. The van der Waals surface area contributed by atoms with Gasteiger partial charge in [0.05, 0.1) is 5.69 Å². The van der Waals surface area contributed by atoms with Crippen molar-refractivity contribution in [1.82, 2.24) is 9.97 Å². The van der Waals surface area contributed by atoms with E-state index >= 15 is 0 Å². The molecule has 6 nitrogen and oxygen atoms in total. The van der Waals surface area contributed by atoms with E-state index in [1.165, 1.54) is 6.42 Å². The highest BCUT2D eigenvalue weighted by molar-refractivity contribution is 5.74. The highest BCUT2D eigenvalue weighted by atomic mass is 16.4. The van der Waals surface area contributed by atoms with Gasteiger partial charge in [-0.2, -0.15) is 0 Å². The Morgan fingerprint density at radius 1 is 1.41 bits per heavy atom. The van der Waals surface area contributed by atoms with Crippen molar-refractivity contribution >= 4 is 11.9 Å². The summed E-state index contributed by atoms with van der Waals surface area (Å²) in [5.41, 5.74) is 5.88. The molecule has 6 heteroatoms. The van der Waals surface area contributed by atoms with Gasteiger partial charge in [0, 0.05) is 19.3 Å². The predicted molar refractivity (Wildman–Crippen MR) is 62.7 cm³/mol. The highest BCUT2D eigenvalue weighted by Gasteiger charge is 2.19. The lowest BCUT2D eigenvalue weighted by Crippen LogP contribution is -2.32. The number of aliphatic carboxylic acids is 1. The highest BCUT2D eigenvalue weighted by Crippen LogP contribution is 2.17. The van der Waals surface area contributed by atoms with Crippen LogP contribution in [0.2, 0.25) is 0 Å². The zero-order valence-electron chi connectivity index (χ0n) is 9.54. The summed E-state index contributed by atoms with van der Waals surface area (Å²) in [6, 6.07) is 0.466. The molecule has 1 aromatic heterocycles. The quantitative estimate of drug-likeness (QED) is 0.796. The van der Waals surface area contributed by atoms with Gasteiger partial charge in [-0.15, -0.1) is 0 Å². The van der Waals surface area contributed by atoms with E-state index in [9.17, 15) is 4.79 Å². The lowest BCUT2D eigenvalue weighted by Gasteiger charge is -2.26. The van der Waals surface area contributed by atoms with E-state index in [0.29, 0.717) is 11.6 Å². The van der Waals surface area contributed by atoms with Gasteiger partial charge in [-0.3, -0.25) is 4.79 Å². The van der Waals surface area contributed by atoms with Crippen LogP contribution in [0.1, 0.15) is 31.0 Å². The van der Waals surface area contributed by atoms with Crippen LogP contribution in [0.25, 0.3) is 0 Å². The molecule has 1 fully saturated rings. The number of nitrogens with zero attached hydrogens (tertiary/aromatic N) is 3. The summed E-state index contributed by atoms with van der Waals surface area (Å²) in [6.45, 7) is 1.84. The number of hydrogen-bond acceptors (Lipinski definition) is 5. The Bertz CT molecular complexity index is 404. The maximum Gasteiger partial charge on any atom is 0.326 e. The number of aromatic nitrogens is 2. The van der Waals surface area contributed by atoms with Crippen molar-refractivity contribution in [3.05, 3.63) is 18.0 Å². The van der Waals surface area contributed by atoms with Crippen LogP contribution in [0.5, 0.6) is 0 Å². The molecule has 17 heavy (non-hydrogen) atoms. The number of anilines is 1. The van der Waals surface area contributed by atoms with E-state index in [2.05, 4.69) is 14.9 Å². The van der Waals surface area contributed by atoms with Gasteiger partial charge in [0.15, 0.2) is 0 Å². The Balaban J connectivity index is 2.18. The summed E-state index contributed by atoms with van der Waals surface area (Å²) in [7, 11) is 0. The van der Waals surface area contributed by atoms with E-state index in [0.717, 1.165) is 25.9 Å². The van der Waals surface area contributed by atoms with Crippen LogP contribution in [0.3, 0.4) is 0 Å². The Hall–Kier alpha value is -1.69. The van der Waals surface area contributed by atoms with E-state index in [1.807, 2.05) is 0 Å². The molecule has 2 rings (SSSR count). The third-order valence-electron chi connectivity index (χ3n) is 2.89. The van der Waals surface area contributed by atoms with E-state index in [-0.39, 0.29) is 0 Å². The lowest BCUT2D eigenvalue weighted by atomic mass is 10.1. The second-order valence-electron chi connectivity index (χ2n) is 4.15. The van der Waals surface area contributed by atoms with Gasteiger partial charge in [0.1, 0.15) is 6.04 Å². The number of carboxylic acids is 1. The molecule has 1 unspecified atom stereocenters. The number of carboxylic acid groups (broad SMARTS) is 1. The smallest absolute Gasteiger partial charge is 0.326 e.